The molecule has 0 aliphatic carbocycles. The number of carbonyl (C=O) groups excluding carboxylic acids is 1. The van der Waals surface area contributed by atoms with Gasteiger partial charge in [-0.25, -0.2) is 0 Å². The van der Waals surface area contributed by atoms with E-state index >= 15 is 0 Å². The summed E-state index contributed by atoms with van der Waals surface area (Å²) >= 11 is 0. The molecule has 0 spiro atoms. The van der Waals surface area contributed by atoms with E-state index in [2.05, 4.69) is 0 Å². The number of likely N-dealkylation sites (tertiary alicyclic amines) is 1. The van der Waals surface area contributed by atoms with Gasteiger partial charge in [0.05, 0.1) is 0 Å². The van der Waals surface area contributed by atoms with Gasteiger partial charge in [-0.05, 0) is 31.2 Å². The Morgan fingerprint density at radius 3 is 2.67 bits per heavy atom. The fraction of sp³-hybridized carbons (Fsp3) is 0.500. The zero-order chi connectivity index (χ0) is 15.5. The SMILES string of the molecule is CC(N)(C(=O)N1CCCC(CC(=O)O)C1)c1ccccc1. The summed E-state index contributed by atoms with van der Waals surface area (Å²) in [6.45, 7) is 2.84. The Bertz CT molecular complexity index is 514. The van der Waals surface area contributed by atoms with Gasteiger partial charge in [0.1, 0.15) is 5.54 Å². The number of piperidine rings is 1. The molecule has 0 saturated carbocycles. The summed E-state index contributed by atoms with van der Waals surface area (Å²) in [6, 6.07) is 9.29. The first-order chi connectivity index (χ1) is 9.91. The first-order valence-electron chi connectivity index (χ1n) is 7.27. The summed E-state index contributed by atoms with van der Waals surface area (Å²) in [5.41, 5.74) is 5.95. The van der Waals surface area contributed by atoms with E-state index in [1.165, 1.54) is 0 Å². The lowest BCUT2D eigenvalue weighted by Gasteiger charge is -2.37. The van der Waals surface area contributed by atoms with Crippen molar-refractivity contribution in [3.8, 4) is 0 Å². The van der Waals surface area contributed by atoms with Crippen LogP contribution in [0.25, 0.3) is 0 Å². The van der Waals surface area contributed by atoms with Gasteiger partial charge in [-0.2, -0.15) is 0 Å². The molecule has 1 aromatic rings. The predicted molar refractivity (Wildman–Crippen MR) is 79.5 cm³/mol. The van der Waals surface area contributed by atoms with Crippen LogP contribution in [0.4, 0.5) is 0 Å². The minimum Gasteiger partial charge on any atom is -0.481 e. The number of carbonyl (C=O) groups is 2. The van der Waals surface area contributed by atoms with Crippen LogP contribution >= 0.6 is 0 Å². The molecule has 1 saturated heterocycles. The third-order valence-electron chi connectivity index (χ3n) is 4.09. The number of carboxylic acid groups (broad SMARTS) is 1. The van der Waals surface area contributed by atoms with E-state index in [-0.39, 0.29) is 18.2 Å². The summed E-state index contributed by atoms with van der Waals surface area (Å²) in [7, 11) is 0. The monoisotopic (exact) mass is 290 g/mol. The molecule has 2 unspecified atom stereocenters. The third-order valence-corrected chi connectivity index (χ3v) is 4.09. The summed E-state index contributed by atoms with van der Waals surface area (Å²) in [6.07, 6.45) is 1.79. The Morgan fingerprint density at radius 1 is 1.38 bits per heavy atom. The summed E-state index contributed by atoms with van der Waals surface area (Å²) < 4.78 is 0. The lowest BCUT2D eigenvalue weighted by molar-refractivity contribution is -0.142. The molecular weight excluding hydrogens is 268 g/mol. The standard InChI is InChI=1S/C16H22N2O3/c1-16(17,13-7-3-2-4-8-13)15(21)18-9-5-6-12(11-18)10-14(19)20/h2-4,7-8,12H,5-6,9-11,17H2,1H3,(H,19,20). The number of benzene rings is 1. The van der Waals surface area contributed by atoms with E-state index in [0.29, 0.717) is 13.1 Å². The molecule has 1 amide bonds. The smallest absolute Gasteiger partial charge is 0.303 e. The highest BCUT2D eigenvalue weighted by molar-refractivity contribution is 5.87. The maximum atomic E-state index is 12.7. The molecule has 1 aromatic carbocycles. The second-order valence-electron chi connectivity index (χ2n) is 5.93. The first-order valence-corrected chi connectivity index (χ1v) is 7.27. The molecule has 2 atom stereocenters. The molecule has 1 aliphatic rings. The van der Waals surface area contributed by atoms with Gasteiger partial charge in [0.25, 0.3) is 0 Å². The normalized spacial score (nSPS) is 21.6. The van der Waals surface area contributed by atoms with Crippen LogP contribution in [0.2, 0.25) is 0 Å². The van der Waals surface area contributed by atoms with Crippen LogP contribution in [0.1, 0.15) is 31.7 Å². The van der Waals surface area contributed by atoms with Gasteiger partial charge >= 0.3 is 5.97 Å². The van der Waals surface area contributed by atoms with Gasteiger partial charge in [-0.3, -0.25) is 9.59 Å². The Kier molecular flexibility index (Phi) is 4.63. The highest BCUT2D eigenvalue weighted by atomic mass is 16.4. The number of hydrogen-bond acceptors (Lipinski definition) is 3. The molecule has 1 fully saturated rings. The van der Waals surface area contributed by atoms with Crippen LogP contribution in [-0.4, -0.2) is 35.0 Å². The molecule has 114 valence electrons. The number of nitrogens with two attached hydrogens (primary N) is 1. The molecule has 0 aromatic heterocycles. The van der Waals surface area contributed by atoms with E-state index in [4.69, 9.17) is 10.8 Å². The van der Waals surface area contributed by atoms with Crippen molar-refractivity contribution >= 4 is 11.9 Å². The molecule has 5 heteroatoms. The van der Waals surface area contributed by atoms with Crippen molar-refractivity contribution in [1.82, 2.24) is 4.90 Å². The minimum atomic E-state index is -1.08. The first kappa shape index (κ1) is 15.5. The Hall–Kier alpha value is -1.88. The molecule has 21 heavy (non-hydrogen) atoms. The highest BCUT2D eigenvalue weighted by Gasteiger charge is 2.36. The van der Waals surface area contributed by atoms with Gasteiger partial charge in [-0.15, -0.1) is 0 Å². The van der Waals surface area contributed by atoms with Gasteiger partial charge in [0.2, 0.25) is 5.91 Å². The maximum absolute atomic E-state index is 12.7. The molecule has 5 nitrogen and oxygen atoms in total. The van der Waals surface area contributed by atoms with Crippen LogP contribution < -0.4 is 5.73 Å². The predicted octanol–water partition coefficient (Wildman–Crippen LogP) is 1.57. The molecule has 1 heterocycles. The number of nitrogens with zero attached hydrogens (tertiary/aromatic N) is 1. The second-order valence-corrected chi connectivity index (χ2v) is 5.93. The van der Waals surface area contributed by atoms with Crippen LogP contribution in [0.3, 0.4) is 0 Å². The number of hydrogen-bond donors (Lipinski definition) is 2. The number of carboxylic acids is 1. The average Bonchev–Trinajstić information content (AvgIpc) is 2.47. The third kappa shape index (κ3) is 3.61. The molecule has 2 rings (SSSR count). The van der Waals surface area contributed by atoms with Gasteiger partial charge in [0.15, 0.2) is 0 Å². The van der Waals surface area contributed by atoms with E-state index in [1.807, 2.05) is 30.3 Å². The lowest BCUT2D eigenvalue weighted by atomic mass is 9.89. The van der Waals surface area contributed by atoms with Crippen molar-refractivity contribution in [3.63, 3.8) is 0 Å². The van der Waals surface area contributed by atoms with E-state index in [1.54, 1.807) is 11.8 Å². The fourth-order valence-electron chi connectivity index (χ4n) is 2.90. The van der Waals surface area contributed by atoms with Crippen LogP contribution in [-0.2, 0) is 15.1 Å². The minimum absolute atomic E-state index is 0.0202. The zero-order valence-corrected chi connectivity index (χ0v) is 12.3. The Balaban J connectivity index is 2.10. The highest BCUT2D eigenvalue weighted by Crippen LogP contribution is 2.25. The van der Waals surface area contributed by atoms with Gasteiger partial charge in [0, 0.05) is 19.5 Å². The largest absolute Gasteiger partial charge is 0.481 e. The van der Waals surface area contributed by atoms with Gasteiger partial charge < -0.3 is 15.7 Å². The average molecular weight is 290 g/mol. The van der Waals surface area contributed by atoms with Crippen molar-refractivity contribution in [2.45, 2.75) is 31.7 Å². The second kappa shape index (κ2) is 6.26. The molecular formula is C16H22N2O3. The number of rotatable bonds is 4. The number of aliphatic carboxylic acids is 1. The van der Waals surface area contributed by atoms with Crippen molar-refractivity contribution in [2.24, 2.45) is 11.7 Å². The zero-order valence-electron chi connectivity index (χ0n) is 12.3. The van der Waals surface area contributed by atoms with Gasteiger partial charge in [-0.1, -0.05) is 30.3 Å². The van der Waals surface area contributed by atoms with Crippen LogP contribution in [0.15, 0.2) is 30.3 Å². The quantitative estimate of drug-likeness (QED) is 0.881. The lowest BCUT2D eigenvalue weighted by Crippen LogP contribution is -2.53. The Labute approximate surface area is 124 Å². The van der Waals surface area contributed by atoms with Crippen molar-refractivity contribution in [1.29, 1.82) is 0 Å². The van der Waals surface area contributed by atoms with Crippen LogP contribution in [0.5, 0.6) is 0 Å². The van der Waals surface area contributed by atoms with E-state index in [9.17, 15) is 9.59 Å². The maximum Gasteiger partial charge on any atom is 0.303 e. The molecule has 1 aliphatic heterocycles. The topological polar surface area (TPSA) is 83.6 Å². The molecule has 3 N–H and O–H groups in total. The van der Waals surface area contributed by atoms with E-state index < -0.39 is 11.5 Å². The summed E-state index contributed by atoms with van der Waals surface area (Å²) in [5.74, 6) is -0.927. The fourth-order valence-corrected chi connectivity index (χ4v) is 2.90. The summed E-state index contributed by atoms with van der Waals surface area (Å²) in [4.78, 5) is 25.3. The van der Waals surface area contributed by atoms with Crippen molar-refractivity contribution in [3.05, 3.63) is 35.9 Å². The number of amides is 1. The van der Waals surface area contributed by atoms with E-state index in [0.717, 1.165) is 18.4 Å². The van der Waals surface area contributed by atoms with Crippen molar-refractivity contribution in [2.75, 3.05) is 13.1 Å². The molecule has 0 bridgehead atoms. The van der Waals surface area contributed by atoms with Crippen LogP contribution in [0, 0.1) is 5.92 Å². The summed E-state index contributed by atoms with van der Waals surface area (Å²) in [5, 5.41) is 8.90. The Morgan fingerprint density at radius 2 is 2.05 bits per heavy atom. The van der Waals surface area contributed by atoms with Crippen molar-refractivity contribution < 1.29 is 14.7 Å². The molecule has 0 radical (unpaired) electrons.